The summed E-state index contributed by atoms with van der Waals surface area (Å²) in [5, 5.41) is 0. The number of fused-ring (bicyclic) bond motifs is 1. The predicted molar refractivity (Wildman–Crippen MR) is 71.7 cm³/mol. The van der Waals surface area contributed by atoms with E-state index in [4.69, 9.17) is 10.5 Å². The summed E-state index contributed by atoms with van der Waals surface area (Å²) in [6.07, 6.45) is 7.73. The van der Waals surface area contributed by atoms with Crippen LogP contribution in [0, 0.1) is 0 Å². The van der Waals surface area contributed by atoms with E-state index < -0.39 is 5.54 Å². The first-order chi connectivity index (χ1) is 8.21. The van der Waals surface area contributed by atoms with Gasteiger partial charge in [-0.1, -0.05) is 12.8 Å². The number of carbonyl (C=O) groups is 1. The van der Waals surface area contributed by atoms with E-state index in [0.29, 0.717) is 12.6 Å². The predicted octanol–water partition coefficient (Wildman–Crippen LogP) is 1.46. The third-order valence-electron chi connectivity index (χ3n) is 4.66. The van der Waals surface area contributed by atoms with E-state index in [-0.39, 0.29) is 24.4 Å². The minimum Gasteiger partial charge on any atom is -0.374 e. The molecule has 3 rings (SSSR count). The van der Waals surface area contributed by atoms with E-state index in [0.717, 1.165) is 38.6 Å². The lowest BCUT2D eigenvalue weighted by Crippen LogP contribution is -2.65. The molecule has 4 nitrogen and oxygen atoms in total. The average Bonchev–Trinajstić information content (AvgIpc) is 2.34. The van der Waals surface area contributed by atoms with Gasteiger partial charge in [0.2, 0.25) is 5.91 Å². The van der Waals surface area contributed by atoms with Crippen molar-refractivity contribution in [3.05, 3.63) is 0 Å². The number of nitrogens with two attached hydrogens (primary N) is 1. The number of hydrogen-bond donors (Lipinski definition) is 1. The zero-order valence-electron chi connectivity index (χ0n) is 10.8. The van der Waals surface area contributed by atoms with E-state index in [1.165, 1.54) is 12.8 Å². The van der Waals surface area contributed by atoms with Crippen LogP contribution < -0.4 is 5.73 Å². The Hall–Kier alpha value is -0.320. The molecule has 2 saturated carbocycles. The molecule has 0 spiro atoms. The fourth-order valence-corrected chi connectivity index (χ4v) is 3.41. The van der Waals surface area contributed by atoms with Crippen LogP contribution in [0.5, 0.6) is 0 Å². The van der Waals surface area contributed by atoms with Crippen molar-refractivity contribution in [3.8, 4) is 0 Å². The minimum atomic E-state index is -0.542. The van der Waals surface area contributed by atoms with E-state index >= 15 is 0 Å². The maximum absolute atomic E-state index is 12.5. The number of hydrogen-bond acceptors (Lipinski definition) is 3. The van der Waals surface area contributed by atoms with Gasteiger partial charge in [0.1, 0.15) is 0 Å². The molecule has 1 amide bonds. The lowest BCUT2D eigenvalue weighted by Gasteiger charge is -2.48. The van der Waals surface area contributed by atoms with Crippen LogP contribution in [0.1, 0.15) is 44.9 Å². The first kappa shape index (κ1) is 14.1. The number of morpholine rings is 1. The Morgan fingerprint density at radius 1 is 1.22 bits per heavy atom. The Labute approximate surface area is 115 Å². The number of ether oxygens (including phenoxy) is 1. The van der Waals surface area contributed by atoms with Crippen molar-refractivity contribution < 1.29 is 9.53 Å². The highest BCUT2D eigenvalue weighted by Crippen LogP contribution is 2.35. The largest absolute Gasteiger partial charge is 0.374 e. The molecule has 104 valence electrons. The van der Waals surface area contributed by atoms with Crippen LogP contribution in [-0.4, -0.2) is 41.6 Å². The number of halogens is 1. The summed E-state index contributed by atoms with van der Waals surface area (Å²) < 4.78 is 5.79. The molecule has 2 unspecified atom stereocenters. The zero-order valence-corrected chi connectivity index (χ0v) is 11.6. The molecular weight excluding hydrogens is 252 g/mol. The summed E-state index contributed by atoms with van der Waals surface area (Å²) in [4.78, 5) is 14.5. The highest BCUT2D eigenvalue weighted by molar-refractivity contribution is 5.87. The first-order valence-electron chi connectivity index (χ1n) is 6.92. The average molecular weight is 275 g/mol. The highest BCUT2D eigenvalue weighted by Gasteiger charge is 2.47. The van der Waals surface area contributed by atoms with E-state index in [1.807, 2.05) is 4.90 Å². The number of amides is 1. The molecule has 2 aliphatic carbocycles. The molecule has 5 heteroatoms. The van der Waals surface area contributed by atoms with Crippen molar-refractivity contribution in [2.24, 2.45) is 5.73 Å². The van der Waals surface area contributed by atoms with Gasteiger partial charge in [-0.05, 0) is 32.1 Å². The smallest absolute Gasteiger partial charge is 0.243 e. The summed E-state index contributed by atoms with van der Waals surface area (Å²) in [6, 6.07) is 0.297. The van der Waals surface area contributed by atoms with Gasteiger partial charge in [-0.15, -0.1) is 12.4 Å². The van der Waals surface area contributed by atoms with Crippen LogP contribution in [0.15, 0.2) is 0 Å². The Balaban J connectivity index is 0.00000120. The van der Waals surface area contributed by atoms with Gasteiger partial charge in [-0.3, -0.25) is 4.79 Å². The van der Waals surface area contributed by atoms with Gasteiger partial charge >= 0.3 is 0 Å². The molecule has 3 fully saturated rings. The van der Waals surface area contributed by atoms with Crippen molar-refractivity contribution in [2.75, 3.05) is 13.2 Å². The maximum Gasteiger partial charge on any atom is 0.243 e. The third kappa shape index (κ3) is 2.26. The van der Waals surface area contributed by atoms with Crippen LogP contribution in [0.4, 0.5) is 0 Å². The number of nitrogens with zero attached hydrogens (tertiary/aromatic N) is 1. The van der Waals surface area contributed by atoms with Crippen LogP contribution >= 0.6 is 12.4 Å². The van der Waals surface area contributed by atoms with Crippen LogP contribution in [0.25, 0.3) is 0 Å². The second kappa shape index (κ2) is 5.35. The van der Waals surface area contributed by atoms with Gasteiger partial charge in [-0.25, -0.2) is 0 Å². The van der Waals surface area contributed by atoms with Gasteiger partial charge < -0.3 is 15.4 Å². The molecule has 0 radical (unpaired) electrons. The summed E-state index contributed by atoms with van der Waals surface area (Å²) in [5.41, 5.74) is 5.62. The quantitative estimate of drug-likeness (QED) is 0.788. The molecule has 0 aromatic heterocycles. The number of carbonyl (C=O) groups excluding carboxylic acids is 1. The Bertz CT molecular complexity index is 318. The van der Waals surface area contributed by atoms with Crippen LogP contribution in [0.2, 0.25) is 0 Å². The molecule has 1 aliphatic heterocycles. The maximum atomic E-state index is 12.5. The number of rotatable bonds is 1. The summed E-state index contributed by atoms with van der Waals surface area (Å²) in [6.45, 7) is 1.42. The molecule has 0 aromatic rings. The SMILES string of the molecule is Cl.NC1(C(=O)N2CCOC3CCCCC32)CCC1. The van der Waals surface area contributed by atoms with Crippen LogP contribution in [-0.2, 0) is 9.53 Å². The second-order valence-electron chi connectivity index (χ2n) is 5.77. The van der Waals surface area contributed by atoms with E-state index in [1.54, 1.807) is 0 Å². The normalized spacial score (nSPS) is 33.9. The monoisotopic (exact) mass is 274 g/mol. The molecule has 3 aliphatic rings. The topological polar surface area (TPSA) is 55.6 Å². The molecule has 2 atom stereocenters. The minimum absolute atomic E-state index is 0. The second-order valence-corrected chi connectivity index (χ2v) is 5.77. The van der Waals surface area contributed by atoms with Crippen molar-refractivity contribution in [1.82, 2.24) is 4.90 Å². The van der Waals surface area contributed by atoms with E-state index in [2.05, 4.69) is 0 Å². The zero-order chi connectivity index (χ0) is 11.9. The fourth-order valence-electron chi connectivity index (χ4n) is 3.41. The Kier molecular flexibility index (Phi) is 4.19. The standard InChI is InChI=1S/C13H22N2O2.ClH/c14-13(6-3-7-13)12(16)15-8-9-17-11-5-2-1-4-10(11)15;/h10-11H,1-9,14H2;1H. The van der Waals surface area contributed by atoms with Gasteiger partial charge in [-0.2, -0.15) is 0 Å². The van der Waals surface area contributed by atoms with Crippen molar-refractivity contribution in [2.45, 2.75) is 62.6 Å². The molecule has 1 heterocycles. The summed E-state index contributed by atoms with van der Waals surface area (Å²) >= 11 is 0. The lowest BCUT2D eigenvalue weighted by atomic mass is 9.75. The van der Waals surface area contributed by atoms with Crippen molar-refractivity contribution in [1.29, 1.82) is 0 Å². The molecule has 0 aromatic carbocycles. The van der Waals surface area contributed by atoms with Gasteiger partial charge in [0.15, 0.2) is 0 Å². The van der Waals surface area contributed by atoms with Crippen molar-refractivity contribution >= 4 is 18.3 Å². The molecule has 1 saturated heterocycles. The summed E-state index contributed by atoms with van der Waals surface area (Å²) in [5.74, 6) is 0.184. The third-order valence-corrected chi connectivity index (χ3v) is 4.66. The Morgan fingerprint density at radius 3 is 2.61 bits per heavy atom. The van der Waals surface area contributed by atoms with Gasteiger partial charge in [0, 0.05) is 6.54 Å². The molecule has 0 bridgehead atoms. The molecular formula is C13H23ClN2O2. The Morgan fingerprint density at radius 2 is 1.94 bits per heavy atom. The van der Waals surface area contributed by atoms with Gasteiger partial charge in [0.25, 0.3) is 0 Å². The van der Waals surface area contributed by atoms with Crippen LogP contribution in [0.3, 0.4) is 0 Å². The van der Waals surface area contributed by atoms with Crippen molar-refractivity contribution in [3.63, 3.8) is 0 Å². The highest BCUT2D eigenvalue weighted by atomic mass is 35.5. The van der Waals surface area contributed by atoms with E-state index in [9.17, 15) is 4.79 Å². The molecule has 2 N–H and O–H groups in total. The fraction of sp³-hybridized carbons (Fsp3) is 0.923. The van der Waals surface area contributed by atoms with Gasteiger partial charge in [0.05, 0.1) is 24.3 Å². The lowest BCUT2D eigenvalue weighted by molar-refractivity contribution is -0.158. The summed E-state index contributed by atoms with van der Waals surface area (Å²) in [7, 11) is 0. The molecule has 18 heavy (non-hydrogen) atoms. The first-order valence-corrected chi connectivity index (χ1v) is 6.92.